The molecule has 0 unspecified atom stereocenters. The molecule has 0 saturated carbocycles. The molecule has 0 radical (unpaired) electrons. The van der Waals surface area contributed by atoms with Crippen molar-refractivity contribution in [3.8, 4) is 0 Å². The molecule has 0 aromatic rings. The van der Waals surface area contributed by atoms with Gasteiger partial charge in [-0.3, -0.25) is 0 Å². The van der Waals surface area contributed by atoms with Gasteiger partial charge in [-0.15, -0.1) is 0 Å². The van der Waals surface area contributed by atoms with Gasteiger partial charge >= 0.3 is 12.1 Å². The summed E-state index contributed by atoms with van der Waals surface area (Å²) in [7, 11) is 0. The molecular weight excluding hydrogens is 225 g/mol. The van der Waals surface area contributed by atoms with Crippen molar-refractivity contribution < 1.29 is 27.8 Å². The zero-order chi connectivity index (χ0) is 12.6. The Kier molecular flexibility index (Phi) is 6.80. The molecule has 0 aliphatic heterocycles. The van der Waals surface area contributed by atoms with E-state index in [-0.39, 0.29) is 25.2 Å². The van der Waals surface area contributed by atoms with E-state index in [4.69, 9.17) is 9.84 Å². The molecule has 6 heteroatoms. The average molecular weight is 240 g/mol. The lowest BCUT2D eigenvalue weighted by Crippen LogP contribution is -2.09. The van der Waals surface area contributed by atoms with Crippen LogP contribution in [-0.4, -0.2) is 30.5 Å². The lowest BCUT2D eigenvalue weighted by atomic mass is 10.2. The van der Waals surface area contributed by atoms with Gasteiger partial charge in [0.2, 0.25) is 0 Å². The summed E-state index contributed by atoms with van der Waals surface area (Å²) in [6.45, 7) is 1.70. The maximum atomic E-state index is 11.7. The third kappa shape index (κ3) is 8.28. The molecule has 0 aromatic heterocycles. The van der Waals surface area contributed by atoms with Crippen LogP contribution >= 0.6 is 0 Å². The van der Waals surface area contributed by atoms with E-state index in [0.717, 1.165) is 0 Å². The molecule has 0 amide bonds. The molecule has 0 heterocycles. The Labute approximate surface area is 91.9 Å². The highest BCUT2D eigenvalue weighted by atomic mass is 19.4. The Hall–Kier alpha value is -1.04. The topological polar surface area (TPSA) is 46.5 Å². The first-order valence-corrected chi connectivity index (χ1v) is 4.93. The summed E-state index contributed by atoms with van der Waals surface area (Å²) in [5, 5.41) is 8.61. The molecule has 0 bridgehead atoms. The van der Waals surface area contributed by atoms with E-state index in [1.54, 1.807) is 6.92 Å². The predicted octanol–water partition coefficient (Wildman–Crippen LogP) is 2.77. The molecule has 1 N–H and O–H groups in total. The SMILES string of the molecule is CCC(=CCOCCCC(F)(F)F)C(=O)O. The fourth-order valence-electron chi connectivity index (χ4n) is 1.00. The molecular formula is C10H15F3O3. The van der Waals surface area contributed by atoms with Crippen LogP contribution in [-0.2, 0) is 9.53 Å². The van der Waals surface area contributed by atoms with Gasteiger partial charge in [-0.2, -0.15) is 13.2 Å². The van der Waals surface area contributed by atoms with Crippen molar-refractivity contribution >= 4 is 5.97 Å². The Balaban J connectivity index is 3.64. The van der Waals surface area contributed by atoms with Gasteiger partial charge in [0.1, 0.15) is 0 Å². The minimum atomic E-state index is -4.16. The summed E-state index contributed by atoms with van der Waals surface area (Å²) >= 11 is 0. The molecule has 0 atom stereocenters. The molecule has 0 aliphatic carbocycles. The van der Waals surface area contributed by atoms with Gasteiger partial charge in [0.25, 0.3) is 0 Å². The predicted molar refractivity (Wildman–Crippen MR) is 52.1 cm³/mol. The van der Waals surface area contributed by atoms with Crippen molar-refractivity contribution in [1.29, 1.82) is 0 Å². The zero-order valence-electron chi connectivity index (χ0n) is 9.01. The molecule has 0 aliphatic rings. The number of carbonyl (C=O) groups is 1. The molecule has 16 heavy (non-hydrogen) atoms. The second kappa shape index (κ2) is 7.27. The number of halogens is 3. The van der Waals surface area contributed by atoms with Crippen molar-refractivity contribution in [1.82, 2.24) is 0 Å². The Bertz CT molecular complexity index is 246. The van der Waals surface area contributed by atoms with E-state index in [9.17, 15) is 18.0 Å². The third-order valence-electron chi connectivity index (χ3n) is 1.85. The summed E-state index contributed by atoms with van der Waals surface area (Å²) in [6.07, 6.45) is -3.41. The minimum absolute atomic E-state index is 0.0212. The fraction of sp³-hybridized carbons (Fsp3) is 0.700. The third-order valence-corrected chi connectivity index (χ3v) is 1.85. The average Bonchev–Trinajstić information content (AvgIpc) is 2.14. The number of hydrogen-bond acceptors (Lipinski definition) is 2. The van der Waals surface area contributed by atoms with Gasteiger partial charge in [-0.1, -0.05) is 6.92 Å². The van der Waals surface area contributed by atoms with Crippen LogP contribution in [0.5, 0.6) is 0 Å². The first kappa shape index (κ1) is 15.0. The first-order chi connectivity index (χ1) is 7.37. The smallest absolute Gasteiger partial charge is 0.389 e. The Morgan fingerprint density at radius 3 is 2.50 bits per heavy atom. The molecule has 3 nitrogen and oxygen atoms in total. The van der Waals surface area contributed by atoms with Crippen molar-refractivity contribution in [3.63, 3.8) is 0 Å². The van der Waals surface area contributed by atoms with Crippen molar-refractivity contribution in [2.24, 2.45) is 0 Å². The number of aliphatic carboxylic acids is 1. The number of carboxylic acids is 1. The van der Waals surface area contributed by atoms with Crippen LogP contribution in [0.15, 0.2) is 11.6 Å². The van der Waals surface area contributed by atoms with E-state index >= 15 is 0 Å². The largest absolute Gasteiger partial charge is 0.478 e. The number of hydrogen-bond donors (Lipinski definition) is 1. The number of carboxylic acid groups (broad SMARTS) is 1. The second-order valence-electron chi connectivity index (χ2n) is 3.18. The standard InChI is InChI=1S/C10H15F3O3/c1-2-8(9(14)15)4-7-16-6-3-5-10(11,12)13/h4H,2-3,5-7H2,1H3,(H,14,15). The Morgan fingerprint density at radius 2 is 2.06 bits per heavy atom. The van der Waals surface area contributed by atoms with Crippen molar-refractivity contribution in [3.05, 3.63) is 11.6 Å². The lowest BCUT2D eigenvalue weighted by molar-refractivity contribution is -0.137. The highest BCUT2D eigenvalue weighted by Crippen LogP contribution is 2.20. The Morgan fingerprint density at radius 1 is 1.44 bits per heavy atom. The van der Waals surface area contributed by atoms with Crippen LogP contribution in [0.3, 0.4) is 0 Å². The van der Waals surface area contributed by atoms with E-state index < -0.39 is 18.6 Å². The number of ether oxygens (including phenoxy) is 1. The summed E-state index contributed by atoms with van der Waals surface area (Å²) in [5.74, 6) is -1.03. The zero-order valence-corrected chi connectivity index (χ0v) is 9.01. The lowest BCUT2D eigenvalue weighted by Gasteiger charge is -2.05. The van der Waals surface area contributed by atoms with Crippen LogP contribution in [0, 0.1) is 0 Å². The van der Waals surface area contributed by atoms with Crippen LogP contribution < -0.4 is 0 Å². The number of rotatable bonds is 7. The highest BCUT2D eigenvalue weighted by molar-refractivity contribution is 5.86. The van der Waals surface area contributed by atoms with E-state index in [1.165, 1.54) is 6.08 Å². The maximum absolute atomic E-state index is 11.7. The van der Waals surface area contributed by atoms with E-state index in [1.807, 2.05) is 0 Å². The summed E-state index contributed by atoms with van der Waals surface area (Å²) in [6, 6.07) is 0. The summed E-state index contributed by atoms with van der Waals surface area (Å²) in [5.41, 5.74) is 0.204. The summed E-state index contributed by atoms with van der Waals surface area (Å²) in [4.78, 5) is 10.5. The van der Waals surface area contributed by atoms with Gasteiger partial charge in [-0.05, 0) is 18.9 Å². The monoisotopic (exact) mass is 240 g/mol. The number of alkyl halides is 3. The molecule has 0 aromatic carbocycles. The maximum Gasteiger partial charge on any atom is 0.389 e. The van der Waals surface area contributed by atoms with Crippen molar-refractivity contribution in [2.45, 2.75) is 32.4 Å². The molecule has 0 saturated heterocycles. The van der Waals surface area contributed by atoms with Crippen LogP contribution in [0.1, 0.15) is 26.2 Å². The second-order valence-corrected chi connectivity index (χ2v) is 3.18. The molecule has 94 valence electrons. The molecule has 0 spiro atoms. The van der Waals surface area contributed by atoms with Gasteiger partial charge in [0, 0.05) is 18.6 Å². The van der Waals surface area contributed by atoms with Crippen LogP contribution in [0.2, 0.25) is 0 Å². The minimum Gasteiger partial charge on any atom is -0.478 e. The van der Waals surface area contributed by atoms with Gasteiger partial charge in [0.05, 0.1) is 6.61 Å². The van der Waals surface area contributed by atoms with E-state index in [0.29, 0.717) is 6.42 Å². The van der Waals surface area contributed by atoms with Crippen LogP contribution in [0.4, 0.5) is 13.2 Å². The summed E-state index contributed by atoms with van der Waals surface area (Å²) < 4.78 is 40.0. The van der Waals surface area contributed by atoms with Crippen LogP contribution in [0.25, 0.3) is 0 Å². The van der Waals surface area contributed by atoms with Gasteiger partial charge in [0.15, 0.2) is 0 Å². The first-order valence-electron chi connectivity index (χ1n) is 4.93. The van der Waals surface area contributed by atoms with Gasteiger partial charge in [-0.25, -0.2) is 4.79 Å². The quantitative estimate of drug-likeness (QED) is 0.549. The van der Waals surface area contributed by atoms with Crippen molar-refractivity contribution in [2.75, 3.05) is 13.2 Å². The molecule has 0 fully saturated rings. The van der Waals surface area contributed by atoms with Gasteiger partial charge < -0.3 is 9.84 Å². The normalized spacial score (nSPS) is 12.9. The fourth-order valence-corrected chi connectivity index (χ4v) is 1.00. The van der Waals surface area contributed by atoms with E-state index in [2.05, 4.69) is 0 Å². The highest BCUT2D eigenvalue weighted by Gasteiger charge is 2.25. The molecule has 0 rings (SSSR count).